The van der Waals surface area contributed by atoms with Crippen molar-refractivity contribution in [3.63, 3.8) is 0 Å². The lowest BCUT2D eigenvalue weighted by atomic mass is 10.1. The summed E-state index contributed by atoms with van der Waals surface area (Å²) in [5.74, 6) is 0.761. The number of amides is 1. The molecule has 0 unspecified atom stereocenters. The van der Waals surface area contributed by atoms with Gasteiger partial charge in [-0.15, -0.1) is 0 Å². The first-order valence-corrected chi connectivity index (χ1v) is 10.8. The van der Waals surface area contributed by atoms with Crippen molar-refractivity contribution in [3.05, 3.63) is 54.6 Å². The summed E-state index contributed by atoms with van der Waals surface area (Å²) in [5.41, 5.74) is 2.07. The summed E-state index contributed by atoms with van der Waals surface area (Å²) in [7, 11) is 0. The Morgan fingerprint density at radius 2 is 1.62 bits per heavy atom. The maximum atomic E-state index is 12.1. The van der Waals surface area contributed by atoms with E-state index in [0.29, 0.717) is 13.0 Å². The van der Waals surface area contributed by atoms with Gasteiger partial charge in [-0.2, -0.15) is 0 Å². The van der Waals surface area contributed by atoms with Gasteiger partial charge in [0, 0.05) is 43.6 Å². The van der Waals surface area contributed by atoms with E-state index < -0.39 is 0 Å². The molecule has 1 saturated heterocycles. The molecule has 2 fully saturated rings. The van der Waals surface area contributed by atoms with E-state index in [1.54, 1.807) is 0 Å². The number of ether oxygens (including phenoxy) is 1. The fraction of sp³-hybridized carbons (Fsp3) is 0.458. The van der Waals surface area contributed by atoms with Crippen LogP contribution < -0.4 is 15.0 Å². The van der Waals surface area contributed by atoms with Crippen molar-refractivity contribution < 1.29 is 9.53 Å². The van der Waals surface area contributed by atoms with Gasteiger partial charge in [0.25, 0.3) is 0 Å². The number of carbonyl (C=O) groups is 1. The number of benzene rings is 2. The largest absolute Gasteiger partial charge is 0.493 e. The van der Waals surface area contributed by atoms with Crippen LogP contribution >= 0.6 is 0 Å². The summed E-state index contributed by atoms with van der Waals surface area (Å²) < 4.78 is 5.59. The van der Waals surface area contributed by atoms with Crippen LogP contribution in [0.25, 0.3) is 0 Å². The minimum atomic E-state index is -0.0288. The van der Waals surface area contributed by atoms with Crippen LogP contribution in [0.2, 0.25) is 0 Å². The van der Waals surface area contributed by atoms with Gasteiger partial charge >= 0.3 is 0 Å². The zero-order valence-electron chi connectivity index (χ0n) is 17.1. The van der Waals surface area contributed by atoms with Gasteiger partial charge in [0.2, 0.25) is 5.91 Å². The number of carbonyl (C=O) groups excluding carboxylic acids is 1. The topological polar surface area (TPSA) is 44.8 Å². The lowest BCUT2D eigenvalue weighted by Crippen LogP contribution is -2.49. The molecule has 5 nitrogen and oxygen atoms in total. The number of piperazine rings is 1. The average Bonchev–Trinajstić information content (AvgIpc) is 3.30. The Labute approximate surface area is 173 Å². The highest BCUT2D eigenvalue weighted by molar-refractivity contribution is 5.90. The number of para-hydroxylation sites is 1. The molecule has 2 aromatic rings. The van der Waals surface area contributed by atoms with E-state index in [-0.39, 0.29) is 5.91 Å². The zero-order valence-corrected chi connectivity index (χ0v) is 17.1. The van der Waals surface area contributed by atoms with E-state index in [1.807, 2.05) is 42.5 Å². The van der Waals surface area contributed by atoms with Crippen molar-refractivity contribution in [1.29, 1.82) is 0 Å². The number of nitrogens with zero attached hydrogens (tertiary/aromatic N) is 2. The van der Waals surface area contributed by atoms with Gasteiger partial charge in [0.05, 0.1) is 13.0 Å². The van der Waals surface area contributed by atoms with Gasteiger partial charge in [-0.1, -0.05) is 31.0 Å². The summed E-state index contributed by atoms with van der Waals surface area (Å²) in [6, 6.07) is 18.6. The Hall–Kier alpha value is -2.53. The van der Waals surface area contributed by atoms with Gasteiger partial charge < -0.3 is 15.0 Å². The van der Waals surface area contributed by atoms with Crippen LogP contribution in [0.1, 0.15) is 32.1 Å². The van der Waals surface area contributed by atoms with Crippen LogP contribution in [0.3, 0.4) is 0 Å². The highest BCUT2D eigenvalue weighted by Gasteiger charge is 2.26. The van der Waals surface area contributed by atoms with E-state index in [1.165, 1.54) is 31.4 Å². The molecular formula is C24H31N3O2. The molecular weight excluding hydrogens is 362 g/mol. The molecule has 2 aliphatic rings. The van der Waals surface area contributed by atoms with Gasteiger partial charge in [-0.25, -0.2) is 0 Å². The van der Waals surface area contributed by atoms with Gasteiger partial charge in [0.15, 0.2) is 0 Å². The van der Waals surface area contributed by atoms with Crippen LogP contribution in [0.5, 0.6) is 5.75 Å². The molecule has 0 aromatic heterocycles. The standard InChI is InChI=1S/C24H31N3O2/c28-24(14-19-29-23-8-2-1-3-9-23)25-20-10-12-22(13-11-20)27-17-15-26(16-18-27)21-6-4-5-7-21/h1-3,8-13,21H,4-7,14-19H2,(H,25,28). The Kier molecular flexibility index (Phi) is 6.67. The predicted octanol–water partition coefficient (Wildman–Crippen LogP) is 4.16. The van der Waals surface area contributed by atoms with E-state index in [2.05, 4.69) is 27.2 Å². The van der Waals surface area contributed by atoms with Crippen molar-refractivity contribution in [2.45, 2.75) is 38.1 Å². The molecule has 0 bridgehead atoms. The molecule has 5 heteroatoms. The second kappa shape index (κ2) is 9.79. The van der Waals surface area contributed by atoms with Gasteiger partial charge in [-0.05, 0) is 49.2 Å². The normalized spacial score (nSPS) is 18.0. The minimum absolute atomic E-state index is 0.0288. The van der Waals surface area contributed by atoms with Crippen molar-refractivity contribution in [2.75, 3.05) is 43.0 Å². The van der Waals surface area contributed by atoms with E-state index in [4.69, 9.17) is 4.74 Å². The van der Waals surface area contributed by atoms with Crippen LogP contribution in [0.15, 0.2) is 54.6 Å². The van der Waals surface area contributed by atoms with E-state index >= 15 is 0 Å². The molecule has 2 aromatic carbocycles. The Morgan fingerprint density at radius 1 is 0.931 bits per heavy atom. The maximum absolute atomic E-state index is 12.1. The fourth-order valence-electron chi connectivity index (χ4n) is 4.37. The first-order chi connectivity index (χ1) is 14.3. The molecule has 1 aliphatic heterocycles. The zero-order chi connectivity index (χ0) is 19.9. The molecule has 1 N–H and O–H groups in total. The Bertz CT molecular complexity index is 764. The molecule has 1 amide bonds. The Balaban J connectivity index is 1.20. The highest BCUT2D eigenvalue weighted by Crippen LogP contribution is 2.26. The monoisotopic (exact) mass is 393 g/mol. The third-order valence-corrected chi connectivity index (χ3v) is 6.01. The Morgan fingerprint density at radius 3 is 2.31 bits per heavy atom. The number of anilines is 2. The summed E-state index contributed by atoms with van der Waals surface area (Å²) in [4.78, 5) is 17.3. The molecule has 29 heavy (non-hydrogen) atoms. The summed E-state index contributed by atoms with van der Waals surface area (Å²) >= 11 is 0. The van der Waals surface area contributed by atoms with Crippen molar-refractivity contribution in [1.82, 2.24) is 4.90 Å². The van der Waals surface area contributed by atoms with Crippen molar-refractivity contribution >= 4 is 17.3 Å². The molecule has 0 spiro atoms. The summed E-state index contributed by atoms with van der Waals surface area (Å²) in [6.07, 6.45) is 5.89. The summed E-state index contributed by atoms with van der Waals surface area (Å²) in [5, 5.41) is 2.96. The second-order valence-electron chi connectivity index (χ2n) is 7.97. The SMILES string of the molecule is O=C(CCOc1ccccc1)Nc1ccc(N2CCN(C3CCCC3)CC2)cc1. The smallest absolute Gasteiger partial charge is 0.227 e. The third kappa shape index (κ3) is 5.51. The third-order valence-electron chi connectivity index (χ3n) is 6.01. The number of rotatable bonds is 7. The highest BCUT2D eigenvalue weighted by atomic mass is 16.5. The van der Waals surface area contributed by atoms with E-state index in [9.17, 15) is 4.79 Å². The first-order valence-electron chi connectivity index (χ1n) is 10.8. The van der Waals surface area contributed by atoms with Crippen LogP contribution in [-0.2, 0) is 4.79 Å². The molecule has 0 radical (unpaired) electrons. The van der Waals surface area contributed by atoms with Crippen LogP contribution in [-0.4, -0.2) is 49.6 Å². The summed E-state index contributed by atoms with van der Waals surface area (Å²) in [6.45, 7) is 4.85. The lowest BCUT2D eigenvalue weighted by Gasteiger charge is -2.39. The molecule has 1 heterocycles. The quantitative estimate of drug-likeness (QED) is 0.767. The molecule has 154 valence electrons. The molecule has 0 atom stereocenters. The van der Waals surface area contributed by atoms with Gasteiger partial charge in [0.1, 0.15) is 5.75 Å². The van der Waals surface area contributed by atoms with Crippen molar-refractivity contribution in [2.24, 2.45) is 0 Å². The first kappa shape index (κ1) is 19.8. The number of nitrogens with one attached hydrogen (secondary N) is 1. The number of hydrogen-bond donors (Lipinski definition) is 1. The van der Waals surface area contributed by atoms with Crippen molar-refractivity contribution in [3.8, 4) is 5.75 Å². The number of hydrogen-bond acceptors (Lipinski definition) is 4. The predicted molar refractivity (Wildman–Crippen MR) is 118 cm³/mol. The van der Waals surface area contributed by atoms with Gasteiger partial charge in [-0.3, -0.25) is 9.69 Å². The second-order valence-corrected chi connectivity index (χ2v) is 7.97. The van der Waals surface area contributed by atoms with Crippen LogP contribution in [0, 0.1) is 0 Å². The average molecular weight is 394 g/mol. The molecule has 1 aliphatic carbocycles. The lowest BCUT2D eigenvalue weighted by molar-refractivity contribution is -0.116. The molecule has 4 rings (SSSR count). The minimum Gasteiger partial charge on any atom is -0.493 e. The molecule has 1 saturated carbocycles. The van der Waals surface area contributed by atoms with E-state index in [0.717, 1.165) is 43.7 Å². The fourth-order valence-corrected chi connectivity index (χ4v) is 4.37. The maximum Gasteiger partial charge on any atom is 0.227 e. The van der Waals surface area contributed by atoms with Crippen LogP contribution in [0.4, 0.5) is 11.4 Å².